The van der Waals surface area contributed by atoms with Crippen LogP contribution >= 0.6 is 0 Å². The van der Waals surface area contributed by atoms with E-state index in [-0.39, 0.29) is 19.4 Å². The third-order valence-corrected chi connectivity index (χ3v) is 1.72. The van der Waals surface area contributed by atoms with Crippen molar-refractivity contribution in [3.8, 4) is 0 Å². The van der Waals surface area contributed by atoms with E-state index in [9.17, 15) is 14.4 Å². The van der Waals surface area contributed by atoms with Crippen molar-refractivity contribution in [2.24, 2.45) is 0 Å². The predicted octanol–water partition coefficient (Wildman–Crippen LogP) is 0.581. The second-order valence-electron chi connectivity index (χ2n) is 2.67. The molecule has 1 radical (unpaired) electrons. The van der Waals surface area contributed by atoms with Crippen LogP contribution in [0.1, 0.15) is 31.1 Å². The summed E-state index contributed by atoms with van der Waals surface area (Å²) in [5.41, 5.74) is 0. The van der Waals surface area contributed by atoms with Gasteiger partial charge in [0.2, 0.25) is 0 Å². The van der Waals surface area contributed by atoms with E-state index >= 15 is 0 Å². The van der Waals surface area contributed by atoms with Crippen molar-refractivity contribution in [2.75, 3.05) is 6.54 Å². The zero-order valence-corrected chi connectivity index (χ0v) is 7.45. The van der Waals surface area contributed by atoms with E-state index < -0.39 is 24.6 Å². The maximum absolute atomic E-state index is 11.2. The topological polar surface area (TPSA) is 54.5 Å². The van der Waals surface area contributed by atoms with Crippen molar-refractivity contribution in [2.45, 2.75) is 25.6 Å². The number of amides is 2. The lowest BCUT2D eigenvalue weighted by atomic mass is 10.2. The lowest BCUT2D eigenvalue weighted by Gasteiger charge is -2.12. The summed E-state index contributed by atoms with van der Waals surface area (Å²) in [4.78, 5) is 33.6. The van der Waals surface area contributed by atoms with E-state index in [1.54, 1.807) is 0 Å². The number of imide groups is 1. The first-order chi connectivity index (χ1) is 8.21. The number of carbonyl (C=O) groups is 2. The molecule has 0 spiro atoms. The highest BCUT2D eigenvalue weighted by Crippen LogP contribution is 2.06. The second kappa shape index (κ2) is 5.32. The smallest absolute Gasteiger partial charge is 0.253 e. The zero-order valence-electron chi connectivity index (χ0n) is 11.4. The van der Waals surface area contributed by atoms with Gasteiger partial charge in [-0.3, -0.25) is 19.3 Å². The van der Waals surface area contributed by atoms with Crippen LogP contribution in [0.15, 0.2) is 12.2 Å². The largest absolute Gasteiger partial charge is 0.291 e. The van der Waals surface area contributed by atoms with E-state index in [4.69, 9.17) is 5.48 Å². The highest BCUT2D eigenvalue weighted by molar-refractivity contribution is 6.12. The molecule has 0 N–H and O–H groups in total. The van der Waals surface area contributed by atoms with Gasteiger partial charge in [-0.2, -0.15) is 0 Å². The van der Waals surface area contributed by atoms with Crippen LogP contribution in [0.3, 0.4) is 0 Å². The maximum atomic E-state index is 11.2. The lowest BCUT2D eigenvalue weighted by molar-refractivity contribution is -0.136. The van der Waals surface area contributed by atoms with Crippen molar-refractivity contribution < 1.29 is 19.9 Å². The SMILES string of the molecule is [3H]C([3H])([C]=O)C([3H])([3H])CCCN1C(=O)C=CC1=O. The number of rotatable bonds is 6. The Morgan fingerprint density at radius 1 is 1.29 bits per heavy atom. The third kappa shape index (κ3) is 2.80. The molecule has 1 heterocycles. The van der Waals surface area contributed by atoms with Gasteiger partial charge in [-0.15, -0.1) is 0 Å². The Kier molecular flexibility index (Phi) is 2.32. The molecule has 75 valence electrons. The van der Waals surface area contributed by atoms with Crippen LogP contribution in [0.4, 0.5) is 0 Å². The molecule has 4 heteroatoms. The lowest BCUT2D eigenvalue weighted by Crippen LogP contribution is -2.30. The fourth-order valence-corrected chi connectivity index (χ4v) is 1.08. The summed E-state index contributed by atoms with van der Waals surface area (Å²) in [7, 11) is 0. The monoisotopic (exact) mass is 202 g/mol. The quantitative estimate of drug-likeness (QED) is 0.592. The van der Waals surface area contributed by atoms with Crippen LogP contribution in [0.25, 0.3) is 0 Å². The van der Waals surface area contributed by atoms with Gasteiger partial charge in [0.15, 0.2) is 6.29 Å². The molecule has 0 unspecified atom stereocenters. The van der Waals surface area contributed by atoms with E-state index in [1.165, 1.54) is 0 Å². The maximum Gasteiger partial charge on any atom is 0.253 e. The Hall–Kier alpha value is -1.45. The van der Waals surface area contributed by atoms with Crippen molar-refractivity contribution in [1.29, 1.82) is 0 Å². The van der Waals surface area contributed by atoms with Crippen LogP contribution in [0.5, 0.6) is 0 Å². The minimum atomic E-state index is -2.70. The Bertz CT molecular complexity index is 388. The fraction of sp³-hybridized carbons (Fsp3) is 0.500. The van der Waals surface area contributed by atoms with Crippen molar-refractivity contribution in [3.05, 3.63) is 12.2 Å². The van der Waals surface area contributed by atoms with E-state index in [0.29, 0.717) is 0 Å². The van der Waals surface area contributed by atoms with Gasteiger partial charge in [0.25, 0.3) is 11.8 Å². The first-order valence-electron chi connectivity index (χ1n) is 6.14. The first kappa shape index (κ1) is 6.11. The van der Waals surface area contributed by atoms with Crippen molar-refractivity contribution in [1.82, 2.24) is 4.90 Å². The summed E-state index contributed by atoms with van der Waals surface area (Å²) in [5.74, 6) is -0.934. The minimum Gasteiger partial charge on any atom is -0.291 e. The van der Waals surface area contributed by atoms with Gasteiger partial charge >= 0.3 is 0 Å². The minimum absolute atomic E-state index is 0.000879. The van der Waals surface area contributed by atoms with Gasteiger partial charge in [0.1, 0.15) is 0 Å². The molecule has 0 aromatic rings. The van der Waals surface area contributed by atoms with Crippen molar-refractivity contribution >= 4 is 18.1 Å². The molecule has 2 amide bonds. The molecule has 0 bridgehead atoms. The highest BCUT2D eigenvalue weighted by Gasteiger charge is 2.21. The summed E-state index contributed by atoms with van der Waals surface area (Å²) in [6.07, 6.45) is -2.03. The fourth-order valence-electron chi connectivity index (χ4n) is 1.08. The van der Waals surface area contributed by atoms with Crippen LogP contribution in [-0.4, -0.2) is 29.5 Å². The summed E-state index contributed by atoms with van der Waals surface area (Å²) < 4.78 is 29.2. The van der Waals surface area contributed by atoms with Gasteiger partial charge in [0.05, 0.1) is 0 Å². The molecule has 0 aromatic carbocycles. The normalized spacial score (nSPS) is 21.6. The molecule has 0 saturated carbocycles. The van der Waals surface area contributed by atoms with Crippen LogP contribution in [-0.2, 0) is 14.4 Å². The molecule has 0 aliphatic carbocycles. The highest BCUT2D eigenvalue weighted by atomic mass is 16.2. The standard InChI is InChI=1S/C10H12NO3/c12-8-4-2-1-3-7-11-9(13)5-6-10(11)14/h5-6H,1-4,7H2/i2T2,4T2. The third-order valence-electron chi connectivity index (χ3n) is 1.72. The summed E-state index contributed by atoms with van der Waals surface area (Å²) in [6, 6.07) is 0. The summed E-state index contributed by atoms with van der Waals surface area (Å²) in [6.45, 7) is -0.000879. The number of hydrogen-bond acceptors (Lipinski definition) is 3. The first-order valence-corrected chi connectivity index (χ1v) is 4.14. The van der Waals surface area contributed by atoms with Gasteiger partial charge in [-0.25, -0.2) is 0 Å². The Morgan fingerprint density at radius 2 is 1.93 bits per heavy atom. The molecule has 1 aliphatic heterocycles. The number of carbonyl (C=O) groups excluding carboxylic acids is 3. The molecule has 0 saturated heterocycles. The van der Waals surface area contributed by atoms with Crippen molar-refractivity contribution in [3.63, 3.8) is 0 Å². The van der Waals surface area contributed by atoms with E-state index in [0.717, 1.165) is 23.3 Å². The number of nitrogens with zero attached hydrogens (tertiary/aromatic N) is 1. The molecular weight excluding hydrogens is 182 g/mol. The zero-order chi connectivity index (χ0) is 14.0. The van der Waals surface area contributed by atoms with Gasteiger partial charge < -0.3 is 0 Å². The molecule has 0 fully saturated rings. The average Bonchev–Trinajstić information content (AvgIpc) is 2.60. The van der Waals surface area contributed by atoms with Crippen LogP contribution in [0, 0.1) is 0 Å². The molecule has 0 aromatic heterocycles. The summed E-state index contributed by atoms with van der Waals surface area (Å²) >= 11 is 0. The molecule has 4 nitrogen and oxygen atoms in total. The van der Waals surface area contributed by atoms with E-state index in [1.807, 2.05) is 0 Å². The molecule has 1 rings (SSSR count). The van der Waals surface area contributed by atoms with Gasteiger partial charge in [-0.05, 0) is 12.8 Å². The summed E-state index contributed by atoms with van der Waals surface area (Å²) in [5, 5.41) is 0. The average molecular weight is 202 g/mol. The molecular formula is C10H12NO3. The van der Waals surface area contributed by atoms with Gasteiger partial charge in [-0.1, -0.05) is 6.42 Å². The van der Waals surface area contributed by atoms with Gasteiger partial charge in [0, 0.05) is 30.6 Å². The second-order valence-corrected chi connectivity index (χ2v) is 2.67. The van der Waals surface area contributed by atoms with E-state index in [2.05, 4.69) is 0 Å². The molecule has 1 aliphatic rings. The van der Waals surface area contributed by atoms with Crippen LogP contribution in [0.2, 0.25) is 0 Å². The Morgan fingerprint density at radius 3 is 2.50 bits per heavy atom. The molecule has 0 atom stereocenters. The number of hydrogen-bond donors (Lipinski definition) is 0. The molecule has 14 heavy (non-hydrogen) atoms. The predicted molar refractivity (Wildman–Crippen MR) is 50.0 cm³/mol. The van der Waals surface area contributed by atoms with Crippen LogP contribution < -0.4 is 0 Å². The Balaban J connectivity index is 2.50. The Labute approximate surface area is 88.2 Å².